The first-order valence-electron chi connectivity index (χ1n) is 15.5. The molecule has 9 nitrogen and oxygen atoms in total. The van der Waals surface area contributed by atoms with Crippen molar-refractivity contribution in [2.24, 2.45) is 7.05 Å². The number of thiophene rings is 1. The summed E-state index contributed by atoms with van der Waals surface area (Å²) in [7, 11) is 3.79. The smallest absolute Gasteiger partial charge is 0.289 e. The van der Waals surface area contributed by atoms with Gasteiger partial charge in [-0.05, 0) is 80.1 Å². The average Bonchev–Trinajstić information content (AvgIpc) is 3.43. The molecule has 0 atom stereocenters. The second kappa shape index (κ2) is 11.9. The average molecular weight is 626 g/mol. The zero-order chi connectivity index (χ0) is 31.2. The van der Waals surface area contributed by atoms with Crippen molar-refractivity contribution in [3.8, 4) is 16.8 Å². The van der Waals surface area contributed by atoms with Gasteiger partial charge in [-0.2, -0.15) is 9.78 Å². The maximum Gasteiger partial charge on any atom is 0.289 e. The van der Waals surface area contributed by atoms with E-state index in [0.29, 0.717) is 39.4 Å². The van der Waals surface area contributed by atoms with Crippen LogP contribution in [0.4, 0.5) is 21.6 Å². The molecule has 4 aromatic heterocycles. The van der Waals surface area contributed by atoms with Crippen LogP contribution in [0.2, 0.25) is 0 Å². The number of fused-ring (bicyclic) bond motifs is 3. The first-order valence-corrected chi connectivity index (χ1v) is 16.4. The fourth-order valence-corrected chi connectivity index (χ4v) is 7.85. The molecule has 1 N–H and O–H groups in total. The molecular formula is C34H36FN7O2S. The molecule has 0 unspecified atom stereocenters. The monoisotopic (exact) mass is 625 g/mol. The van der Waals surface area contributed by atoms with Crippen LogP contribution in [0.5, 0.6) is 0 Å². The van der Waals surface area contributed by atoms with E-state index >= 15 is 4.39 Å². The Kier molecular flexibility index (Phi) is 7.74. The van der Waals surface area contributed by atoms with Crippen molar-refractivity contribution in [2.75, 3.05) is 43.4 Å². The van der Waals surface area contributed by atoms with E-state index in [2.05, 4.69) is 32.2 Å². The van der Waals surface area contributed by atoms with Gasteiger partial charge in [-0.15, -0.1) is 11.3 Å². The number of hydrogen-bond acceptors (Lipinski definition) is 8. The summed E-state index contributed by atoms with van der Waals surface area (Å²) >= 11 is 1.54. The number of nitrogens with zero attached hydrogens (tertiary/aromatic N) is 6. The number of likely N-dealkylation sites (N-methyl/N-ethyl adjacent to an activating group) is 1. The normalized spacial score (nSPS) is 15.4. The quantitative estimate of drug-likeness (QED) is 0.275. The lowest BCUT2D eigenvalue weighted by Crippen LogP contribution is -2.44. The second-order valence-corrected chi connectivity index (χ2v) is 13.1. The van der Waals surface area contributed by atoms with Crippen molar-refractivity contribution < 1.29 is 4.39 Å². The Morgan fingerprint density at radius 3 is 2.53 bits per heavy atom. The van der Waals surface area contributed by atoms with Gasteiger partial charge in [0.2, 0.25) is 0 Å². The van der Waals surface area contributed by atoms with Crippen LogP contribution in [0.3, 0.4) is 0 Å². The standard InChI is InChI=1S/C34H36FN7O2S/c1-4-24-26(16-22(35)17-29(24)42-34(44)32-27(19-37-42)25-7-5-6-8-30(25)45-32)21-15-28(33(43)40(3)20-21)38-31-10-9-23(18-36-31)41-13-11-39(2)12-14-41/h9-10,15-20H,4-8,11-14H2,1-3H3,(H,36,38). The molecule has 5 aromatic rings. The van der Waals surface area contributed by atoms with Crippen LogP contribution in [0.25, 0.3) is 26.9 Å². The fourth-order valence-electron chi connectivity index (χ4n) is 6.56. The van der Waals surface area contributed by atoms with Gasteiger partial charge < -0.3 is 19.7 Å². The van der Waals surface area contributed by atoms with Crippen molar-refractivity contribution in [2.45, 2.75) is 39.0 Å². The Labute approximate surface area is 264 Å². The molecule has 0 amide bonds. The molecule has 1 aliphatic heterocycles. The molecule has 45 heavy (non-hydrogen) atoms. The summed E-state index contributed by atoms with van der Waals surface area (Å²) in [5, 5.41) is 8.66. The Morgan fingerprint density at radius 2 is 1.78 bits per heavy atom. The molecule has 1 fully saturated rings. The van der Waals surface area contributed by atoms with E-state index in [-0.39, 0.29) is 11.1 Å². The number of hydrogen-bond donors (Lipinski definition) is 1. The third-order valence-electron chi connectivity index (χ3n) is 9.05. The number of pyridine rings is 2. The molecule has 0 spiro atoms. The molecule has 2 aliphatic rings. The third-order valence-corrected chi connectivity index (χ3v) is 10.3. The first-order chi connectivity index (χ1) is 21.8. The fraction of sp³-hybridized carbons (Fsp3) is 0.353. The Bertz CT molecular complexity index is 2020. The lowest BCUT2D eigenvalue weighted by atomic mass is 9.96. The summed E-state index contributed by atoms with van der Waals surface area (Å²) in [6.45, 7) is 5.85. The maximum absolute atomic E-state index is 15.3. The predicted molar refractivity (Wildman–Crippen MR) is 179 cm³/mol. The molecule has 11 heteroatoms. The minimum Gasteiger partial charge on any atom is -0.368 e. The van der Waals surface area contributed by atoms with Gasteiger partial charge in [0.05, 0.1) is 23.8 Å². The number of rotatable bonds is 6. The van der Waals surface area contributed by atoms with E-state index in [4.69, 9.17) is 0 Å². The van der Waals surface area contributed by atoms with Crippen molar-refractivity contribution >= 4 is 38.6 Å². The molecular weight excluding hydrogens is 589 g/mol. The molecule has 1 aromatic carbocycles. The number of benzene rings is 1. The number of aromatic nitrogens is 4. The number of piperazine rings is 1. The van der Waals surface area contributed by atoms with Crippen molar-refractivity contribution in [1.82, 2.24) is 24.2 Å². The highest BCUT2D eigenvalue weighted by atomic mass is 32.1. The zero-order valence-corrected chi connectivity index (χ0v) is 26.6. The van der Waals surface area contributed by atoms with Crippen LogP contribution in [0.15, 0.2) is 58.5 Å². The minimum absolute atomic E-state index is 0.230. The van der Waals surface area contributed by atoms with Gasteiger partial charge >= 0.3 is 0 Å². The topological polar surface area (TPSA) is 88.3 Å². The number of halogens is 1. The van der Waals surface area contributed by atoms with Crippen LogP contribution in [0, 0.1) is 5.82 Å². The van der Waals surface area contributed by atoms with Crippen LogP contribution < -0.4 is 21.3 Å². The van der Waals surface area contributed by atoms with Crippen LogP contribution in [-0.4, -0.2) is 57.5 Å². The van der Waals surface area contributed by atoms with Crippen molar-refractivity contribution in [3.05, 3.63) is 91.5 Å². The number of anilines is 3. The maximum atomic E-state index is 15.3. The van der Waals surface area contributed by atoms with Gasteiger partial charge in [-0.25, -0.2) is 9.37 Å². The Morgan fingerprint density at radius 1 is 0.978 bits per heavy atom. The van der Waals surface area contributed by atoms with E-state index in [1.165, 1.54) is 31.8 Å². The van der Waals surface area contributed by atoms with E-state index < -0.39 is 5.82 Å². The van der Waals surface area contributed by atoms with E-state index in [1.54, 1.807) is 36.8 Å². The molecule has 0 radical (unpaired) electrons. The summed E-state index contributed by atoms with van der Waals surface area (Å²) in [5.41, 5.74) is 4.57. The van der Waals surface area contributed by atoms with E-state index in [1.807, 2.05) is 25.3 Å². The van der Waals surface area contributed by atoms with Crippen molar-refractivity contribution in [3.63, 3.8) is 0 Å². The molecule has 1 aliphatic carbocycles. The molecule has 7 rings (SSSR count). The second-order valence-electron chi connectivity index (χ2n) is 12.0. The highest BCUT2D eigenvalue weighted by Gasteiger charge is 2.22. The van der Waals surface area contributed by atoms with Gasteiger partial charge in [-0.3, -0.25) is 9.59 Å². The largest absolute Gasteiger partial charge is 0.368 e. The summed E-state index contributed by atoms with van der Waals surface area (Å²) in [6.07, 6.45) is 9.99. The van der Waals surface area contributed by atoms with Gasteiger partial charge in [0, 0.05) is 61.3 Å². The molecule has 5 heterocycles. The van der Waals surface area contributed by atoms with Crippen LogP contribution >= 0.6 is 11.3 Å². The third kappa shape index (κ3) is 5.44. The Hall–Kier alpha value is -4.35. The zero-order valence-electron chi connectivity index (χ0n) is 25.8. The van der Waals surface area contributed by atoms with Gasteiger partial charge in [-0.1, -0.05) is 6.92 Å². The van der Waals surface area contributed by atoms with Gasteiger partial charge in [0.1, 0.15) is 22.0 Å². The van der Waals surface area contributed by atoms with Gasteiger partial charge in [0.25, 0.3) is 11.1 Å². The first kappa shape index (κ1) is 29.4. The van der Waals surface area contributed by atoms with E-state index in [0.717, 1.165) is 68.5 Å². The van der Waals surface area contributed by atoms with Crippen molar-refractivity contribution in [1.29, 1.82) is 0 Å². The molecule has 1 saturated heterocycles. The molecule has 0 saturated carbocycles. The predicted octanol–water partition coefficient (Wildman–Crippen LogP) is 5.28. The number of aryl methyl sites for hydroxylation is 3. The van der Waals surface area contributed by atoms with E-state index in [9.17, 15) is 9.59 Å². The molecule has 232 valence electrons. The highest BCUT2D eigenvalue weighted by Crippen LogP contribution is 2.35. The summed E-state index contributed by atoms with van der Waals surface area (Å²) < 4.78 is 18.8. The number of nitrogens with one attached hydrogen (secondary N) is 1. The summed E-state index contributed by atoms with van der Waals surface area (Å²) in [5.74, 6) is 0.0569. The van der Waals surface area contributed by atoms with Crippen LogP contribution in [0.1, 0.15) is 35.8 Å². The minimum atomic E-state index is -0.485. The lowest BCUT2D eigenvalue weighted by molar-refractivity contribution is 0.313. The summed E-state index contributed by atoms with van der Waals surface area (Å²) in [4.78, 5) is 37.4. The SMILES string of the molecule is CCc1c(-c2cc(Nc3ccc(N4CCN(C)CC4)cn3)c(=O)n(C)c2)cc(F)cc1-n1ncc2c3c(sc2c1=O)CCCC3. The van der Waals surface area contributed by atoms with Crippen LogP contribution in [-0.2, 0) is 26.3 Å². The Balaban J connectivity index is 1.25. The summed E-state index contributed by atoms with van der Waals surface area (Å²) in [6, 6.07) is 8.44. The highest BCUT2D eigenvalue weighted by molar-refractivity contribution is 7.19. The molecule has 0 bridgehead atoms. The van der Waals surface area contributed by atoms with Gasteiger partial charge in [0.15, 0.2) is 0 Å². The lowest BCUT2D eigenvalue weighted by Gasteiger charge is -2.33.